The molecule has 8 N–H and O–H groups in total. The number of rotatable bonds is 10. The molecular formula is C23H37N7O7S. The number of aliphatic imine (C=N–C) groups is 2. The molecule has 0 aromatic heterocycles. The standard InChI is InChI=1S/C23H37N7O7S/c1-10-17(16(11(2)31)21(34)35)28-18(22(36)37)19(10)38-13-6-14(29(3)9-13)20(33)30-5-4-12(8-30)27-15(32)7-26-23(24)25/h10-14,16-17,19,31H,4-9H2,1-3H3,(H,27,32)(H,34,35)(H,36,37)(H4,24,25,26)/t10-,11-,12+,13+,14+,16-,17-,19+/m1/s1. The van der Waals surface area contributed by atoms with E-state index in [1.165, 1.54) is 18.7 Å². The highest BCUT2D eigenvalue weighted by atomic mass is 32.2. The molecule has 3 aliphatic rings. The summed E-state index contributed by atoms with van der Waals surface area (Å²) >= 11 is 1.40. The van der Waals surface area contributed by atoms with Crippen molar-refractivity contribution in [2.45, 2.75) is 61.4 Å². The molecule has 0 aromatic rings. The van der Waals surface area contributed by atoms with Gasteiger partial charge < -0.3 is 37.0 Å². The largest absolute Gasteiger partial charge is 0.481 e. The highest BCUT2D eigenvalue weighted by molar-refractivity contribution is 8.01. The number of nitrogens with zero attached hydrogens (tertiary/aromatic N) is 4. The molecule has 0 bridgehead atoms. The van der Waals surface area contributed by atoms with Gasteiger partial charge in [-0.3, -0.25) is 24.3 Å². The molecule has 3 heterocycles. The zero-order valence-electron chi connectivity index (χ0n) is 21.7. The number of nitrogens with two attached hydrogens (primary N) is 2. The second kappa shape index (κ2) is 12.3. The molecule has 38 heavy (non-hydrogen) atoms. The number of nitrogens with one attached hydrogen (secondary N) is 1. The summed E-state index contributed by atoms with van der Waals surface area (Å²) in [5, 5.41) is 31.6. The molecule has 2 amide bonds. The van der Waals surface area contributed by atoms with Crippen LogP contribution in [0.2, 0.25) is 0 Å². The topological polar surface area (TPSA) is 224 Å². The molecule has 15 heteroatoms. The number of likely N-dealkylation sites (tertiary alicyclic amines) is 2. The third-order valence-corrected chi connectivity index (χ3v) is 9.04. The molecule has 0 saturated carbocycles. The smallest absolute Gasteiger partial charge is 0.350 e. The number of carboxylic acid groups (broad SMARTS) is 2. The summed E-state index contributed by atoms with van der Waals surface area (Å²) in [6.45, 7) is 4.37. The van der Waals surface area contributed by atoms with Crippen molar-refractivity contribution >= 4 is 47.2 Å². The minimum absolute atomic E-state index is 0.0545. The number of aliphatic hydroxyl groups excluding tert-OH is 1. The van der Waals surface area contributed by atoms with Gasteiger partial charge in [0.25, 0.3) is 0 Å². The Morgan fingerprint density at radius 1 is 1.24 bits per heavy atom. The zero-order valence-corrected chi connectivity index (χ0v) is 22.5. The number of hydrogen-bond donors (Lipinski definition) is 6. The normalized spacial score (nSPS) is 30.9. The average Bonchev–Trinajstić information content (AvgIpc) is 3.51. The average molecular weight is 556 g/mol. The Bertz CT molecular complexity index is 1000. The van der Waals surface area contributed by atoms with E-state index in [9.17, 15) is 34.5 Å². The third kappa shape index (κ3) is 6.74. The van der Waals surface area contributed by atoms with Crippen molar-refractivity contribution in [1.29, 1.82) is 0 Å². The minimum atomic E-state index is -1.22. The van der Waals surface area contributed by atoms with Crippen LogP contribution in [-0.4, -0.2) is 128 Å². The summed E-state index contributed by atoms with van der Waals surface area (Å²) in [6, 6.07) is -1.46. The van der Waals surface area contributed by atoms with Gasteiger partial charge in [-0.15, -0.1) is 11.8 Å². The predicted molar refractivity (Wildman–Crippen MR) is 141 cm³/mol. The van der Waals surface area contributed by atoms with Gasteiger partial charge in [-0.1, -0.05) is 6.92 Å². The van der Waals surface area contributed by atoms with Gasteiger partial charge >= 0.3 is 11.9 Å². The Morgan fingerprint density at radius 3 is 2.50 bits per heavy atom. The van der Waals surface area contributed by atoms with Crippen molar-refractivity contribution in [1.82, 2.24) is 15.1 Å². The maximum atomic E-state index is 13.3. The number of aliphatic carboxylic acids is 2. The van der Waals surface area contributed by atoms with Crippen LogP contribution in [0.5, 0.6) is 0 Å². The van der Waals surface area contributed by atoms with Crippen molar-refractivity contribution in [3.8, 4) is 0 Å². The van der Waals surface area contributed by atoms with Gasteiger partial charge in [0.1, 0.15) is 18.2 Å². The molecule has 8 atom stereocenters. The van der Waals surface area contributed by atoms with E-state index in [2.05, 4.69) is 15.3 Å². The van der Waals surface area contributed by atoms with E-state index in [0.717, 1.165) is 0 Å². The number of likely N-dealkylation sites (N-methyl/N-ethyl adjacent to an activating group) is 1. The second-order valence-electron chi connectivity index (χ2n) is 10.2. The quantitative estimate of drug-likeness (QED) is 0.125. The number of amides is 2. The monoisotopic (exact) mass is 555 g/mol. The third-order valence-electron chi connectivity index (χ3n) is 7.37. The van der Waals surface area contributed by atoms with E-state index < -0.39 is 47.2 Å². The highest BCUT2D eigenvalue weighted by Crippen LogP contribution is 2.41. The Balaban J connectivity index is 1.61. The SMILES string of the molecule is C[C@@H]1[C@H]([C@H](C(=O)O)[C@@H](C)O)N=C(C(=O)O)[C@H]1S[C@H]1C[C@@H](C(=O)N2CC[C@H](NC(=O)CN=C(N)N)C2)N(C)C1. The molecule has 2 saturated heterocycles. The van der Waals surface area contributed by atoms with Crippen molar-refractivity contribution in [2.24, 2.45) is 33.3 Å². The van der Waals surface area contributed by atoms with Gasteiger partial charge in [0, 0.05) is 30.9 Å². The van der Waals surface area contributed by atoms with Gasteiger partial charge in [-0.05, 0) is 32.7 Å². The lowest BCUT2D eigenvalue weighted by atomic mass is 9.86. The van der Waals surface area contributed by atoms with Crippen molar-refractivity contribution < 1.29 is 34.5 Å². The lowest BCUT2D eigenvalue weighted by molar-refractivity contribution is -0.146. The summed E-state index contributed by atoms with van der Waals surface area (Å²) in [7, 11) is 1.84. The van der Waals surface area contributed by atoms with Gasteiger partial charge in [-0.2, -0.15) is 0 Å². The fourth-order valence-electron chi connectivity index (χ4n) is 5.46. The van der Waals surface area contributed by atoms with Crippen LogP contribution in [0.4, 0.5) is 0 Å². The Labute approximate surface area is 224 Å². The zero-order chi connectivity index (χ0) is 28.3. The van der Waals surface area contributed by atoms with Crippen LogP contribution in [0.25, 0.3) is 0 Å². The number of carbonyl (C=O) groups is 4. The molecule has 0 spiro atoms. The summed E-state index contributed by atoms with van der Waals surface area (Å²) in [4.78, 5) is 60.6. The number of carboxylic acids is 2. The number of hydrogen-bond acceptors (Lipinski definition) is 9. The van der Waals surface area contributed by atoms with Crippen LogP contribution in [-0.2, 0) is 19.2 Å². The lowest BCUT2D eigenvalue weighted by Crippen LogP contribution is -2.45. The lowest BCUT2D eigenvalue weighted by Gasteiger charge is -2.27. The minimum Gasteiger partial charge on any atom is -0.481 e. The van der Waals surface area contributed by atoms with E-state index in [1.54, 1.807) is 11.8 Å². The van der Waals surface area contributed by atoms with Gasteiger partial charge in [0.2, 0.25) is 11.8 Å². The van der Waals surface area contributed by atoms with Gasteiger partial charge in [-0.25, -0.2) is 9.79 Å². The summed E-state index contributed by atoms with van der Waals surface area (Å²) < 4.78 is 0. The highest BCUT2D eigenvalue weighted by Gasteiger charge is 2.49. The van der Waals surface area contributed by atoms with Crippen LogP contribution in [0.1, 0.15) is 26.7 Å². The first-order chi connectivity index (χ1) is 17.8. The maximum Gasteiger partial charge on any atom is 0.350 e. The van der Waals surface area contributed by atoms with Crippen LogP contribution in [0.3, 0.4) is 0 Å². The van der Waals surface area contributed by atoms with E-state index in [0.29, 0.717) is 32.5 Å². The molecule has 212 valence electrons. The fourth-order valence-corrected chi connectivity index (χ4v) is 7.19. The Hall–Kier alpha value is -2.91. The van der Waals surface area contributed by atoms with Crippen LogP contribution < -0.4 is 16.8 Å². The van der Waals surface area contributed by atoms with Crippen LogP contribution in [0.15, 0.2) is 9.98 Å². The van der Waals surface area contributed by atoms with Gasteiger partial charge in [0.15, 0.2) is 5.96 Å². The predicted octanol–water partition coefficient (Wildman–Crippen LogP) is -2.22. The first kappa shape index (κ1) is 29.6. The summed E-state index contributed by atoms with van der Waals surface area (Å²) in [6.07, 6.45) is -0.0819. The second-order valence-corrected chi connectivity index (χ2v) is 11.7. The number of carbonyl (C=O) groups excluding carboxylic acids is 2. The van der Waals surface area contributed by atoms with E-state index in [4.69, 9.17) is 11.5 Å². The van der Waals surface area contributed by atoms with E-state index in [-0.39, 0.29) is 41.3 Å². The fraction of sp³-hybridized carbons (Fsp3) is 0.739. The molecule has 3 aliphatic heterocycles. The number of aliphatic hydroxyl groups is 1. The van der Waals surface area contributed by atoms with E-state index in [1.807, 2.05) is 11.9 Å². The maximum absolute atomic E-state index is 13.3. The van der Waals surface area contributed by atoms with Crippen LogP contribution >= 0.6 is 11.8 Å². The van der Waals surface area contributed by atoms with Crippen LogP contribution in [0, 0.1) is 11.8 Å². The Kier molecular flexibility index (Phi) is 9.59. The molecule has 2 fully saturated rings. The molecule has 0 unspecified atom stereocenters. The number of guanidine groups is 1. The summed E-state index contributed by atoms with van der Waals surface area (Å²) in [5.41, 5.74) is 10.4. The van der Waals surface area contributed by atoms with Crippen molar-refractivity contribution in [3.05, 3.63) is 0 Å². The molecule has 0 aromatic carbocycles. The molecule has 0 aliphatic carbocycles. The van der Waals surface area contributed by atoms with Gasteiger partial charge in [0.05, 0.1) is 23.4 Å². The van der Waals surface area contributed by atoms with E-state index >= 15 is 0 Å². The first-order valence-electron chi connectivity index (χ1n) is 12.5. The number of thioether (sulfide) groups is 1. The molecule has 14 nitrogen and oxygen atoms in total. The summed E-state index contributed by atoms with van der Waals surface area (Å²) in [5.74, 6) is -4.63. The van der Waals surface area contributed by atoms with Crippen molar-refractivity contribution in [2.75, 3.05) is 33.2 Å². The Morgan fingerprint density at radius 2 is 1.92 bits per heavy atom. The van der Waals surface area contributed by atoms with Crippen molar-refractivity contribution in [3.63, 3.8) is 0 Å². The molecule has 3 rings (SSSR count). The molecular weight excluding hydrogens is 518 g/mol. The molecule has 0 radical (unpaired) electrons. The first-order valence-corrected chi connectivity index (χ1v) is 13.5.